The smallest absolute Gasteiger partial charge is 0.271 e. The van der Waals surface area contributed by atoms with Gasteiger partial charge in [0.1, 0.15) is 0 Å². The molecule has 0 unspecified atom stereocenters. The van der Waals surface area contributed by atoms with Gasteiger partial charge in [0.25, 0.3) is 11.8 Å². The number of imide groups is 1. The van der Waals surface area contributed by atoms with Crippen molar-refractivity contribution in [1.82, 2.24) is 5.06 Å². The molecule has 0 N–H and O–H groups in total. The highest BCUT2D eigenvalue weighted by atomic mass is 16.7. The average Bonchev–Trinajstić information content (AvgIpc) is 2.67. The number of benzene rings is 1. The van der Waals surface area contributed by atoms with Crippen molar-refractivity contribution in [2.24, 2.45) is 5.41 Å². The quantitative estimate of drug-likeness (QED) is 0.605. The Kier molecular flexibility index (Phi) is 3.30. The molecule has 94 valence electrons. The molecule has 0 saturated carbocycles. The van der Waals surface area contributed by atoms with Gasteiger partial charge in [0, 0.05) is 5.56 Å². The molecule has 1 atom stereocenters. The van der Waals surface area contributed by atoms with Crippen LogP contribution in [-0.4, -0.2) is 23.5 Å². The molecule has 0 aliphatic carbocycles. The second-order valence-corrected chi connectivity index (χ2v) is 4.60. The molecule has 1 fully saturated rings. The van der Waals surface area contributed by atoms with Crippen molar-refractivity contribution < 1.29 is 14.4 Å². The Bertz CT molecular complexity index is 483. The molecule has 4 nitrogen and oxygen atoms in total. The normalized spacial score (nSPS) is 23.2. The zero-order valence-corrected chi connectivity index (χ0v) is 10.3. The van der Waals surface area contributed by atoms with E-state index in [1.165, 1.54) is 0 Å². The molecule has 1 aliphatic rings. The van der Waals surface area contributed by atoms with Crippen LogP contribution in [0, 0.1) is 5.41 Å². The highest BCUT2D eigenvalue weighted by molar-refractivity contribution is 6.05. The van der Waals surface area contributed by atoms with Crippen molar-refractivity contribution in [2.45, 2.75) is 13.3 Å². The molecule has 0 spiro atoms. The van der Waals surface area contributed by atoms with Crippen molar-refractivity contribution in [3.8, 4) is 0 Å². The summed E-state index contributed by atoms with van der Waals surface area (Å²) in [5, 5.41) is 0.860. The Hall–Kier alpha value is -1.94. The number of amides is 2. The monoisotopic (exact) mass is 245 g/mol. The van der Waals surface area contributed by atoms with Gasteiger partial charge in [-0.2, -0.15) is 0 Å². The molecule has 1 heterocycles. The first-order valence-corrected chi connectivity index (χ1v) is 5.76. The minimum atomic E-state index is -0.688. The van der Waals surface area contributed by atoms with Crippen LogP contribution < -0.4 is 0 Å². The van der Waals surface area contributed by atoms with Crippen molar-refractivity contribution in [3.63, 3.8) is 0 Å². The van der Waals surface area contributed by atoms with E-state index in [4.69, 9.17) is 4.84 Å². The minimum Gasteiger partial charge on any atom is -0.271 e. The van der Waals surface area contributed by atoms with Gasteiger partial charge >= 0.3 is 0 Å². The Morgan fingerprint density at radius 3 is 2.78 bits per heavy atom. The first kappa shape index (κ1) is 12.5. The van der Waals surface area contributed by atoms with E-state index in [1.807, 2.05) is 6.07 Å². The summed E-state index contributed by atoms with van der Waals surface area (Å²) in [6.07, 6.45) is 2.15. The van der Waals surface area contributed by atoms with Crippen LogP contribution in [-0.2, 0) is 9.63 Å². The molecule has 18 heavy (non-hydrogen) atoms. The van der Waals surface area contributed by atoms with Crippen molar-refractivity contribution >= 4 is 11.8 Å². The summed E-state index contributed by atoms with van der Waals surface area (Å²) in [6, 6.07) is 8.61. The summed E-state index contributed by atoms with van der Waals surface area (Å²) in [5.41, 5.74) is -0.250. The van der Waals surface area contributed by atoms with Crippen LogP contribution in [0.1, 0.15) is 23.7 Å². The molecule has 0 aromatic heterocycles. The topological polar surface area (TPSA) is 46.6 Å². The van der Waals surface area contributed by atoms with E-state index in [0.717, 1.165) is 5.06 Å². The van der Waals surface area contributed by atoms with Gasteiger partial charge in [-0.3, -0.25) is 14.4 Å². The molecule has 2 amide bonds. The van der Waals surface area contributed by atoms with E-state index in [1.54, 1.807) is 37.3 Å². The SMILES string of the molecule is C=CC[C@]1(C)CON(C(=O)c2ccccc2)C1=O. The summed E-state index contributed by atoms with van der Waals surface area (Å²) in [5.74, 6) is -0.732. The maximum atomic E-state index is 12.2. The lowest BCUT2D eigenvalue weighted by molar-refractivity contribution is -0.150. The highest BCUT2D eigenvalue weighted by Crippen LogP contribution is 2.32. The fraction of sp³-hybridized carbons (Fsp3) is 0.286. The fourth-order valence-electron chi connectivity index (χ4n) is 1.89. The summed E-state index contributed by atoms with van der Waals surface area (Å²) in [7, 11) is 0. The van der Waals surface area contributed by atoms with E-state index in [9.17, 15) is 9.59 Å². The Morgan fingerprint density at radius 1 is 1.50 bits per heavy atom. The summed E-state index contributed by atoms with van der Waals surface area (Å²) in [6.45, 7) is 5.60. The molecule has 2 rings (SSSR count). The van der Waals surface area contributed by atoms with Crippen LogP contribution in [0.5, 0.6) is 0 Å². The van der Waals surface area contributed by atoms with Gasteiger partial charge in [0.05, 0.1) is 12.0 Å². The Balaban J connectivity index is 2.20. The lowest BCUT2D eigenvalue weighted by atomic mass is 9.87. The van der Waals surface area contributed by atoms with Crippen LogP contribution in [0.15, 0.2) is 43.0 Å². The van der Waals surface area contributed by atoms with Crippen LogP contribution in [0.3, 0.4) is 0 Å². The number of rotatable bonds is 3. The maximum absolute atomic E-state index is 12.2. The van der Waals surface area contributed by atoms with E-state index in [2.05, 4.69) is 6.58 Å². The summed E-state index contributed by atoms with van der Waals surface area (Å²) >= 11 is 0. The van der Waals surface area contributed by atoms with Crippen molar-refractivity contribution in [1.29, 1.82) is 0 Å². The first-order chi connectivity index (χ1) is 8.58. The average molecular weight is 245 g/mol. The number of hydrogen-bond donors (Lipinski definition) is 0. The van der Waals surface area contributed by atoms with Gasteiger partial charge < -0.3 is 0 Å². The van der Waals surface area contributed by atoms with Crippen molar-refractivity contribution in [3.05, 3.63) is 48.6 Å². The maximum Gasteiger partial charge on any atom is 0.284 e. The van der Waals surface area contributed by atoms with Gasteiger partial charge in [0.15, 0.2) is 0 Å². The molecule has 1 aromatic rings. The van der Waals surface area contributed by atoms with Crippen LogP contribution in [0.25, 0.3) is 0 Å². The molecule has 1 aromatic carbocycles. The van der Waals surface area contributed by atoms with E-state index in [-0.39, 0.29) is 12.5 Å². The third-order valence-electron chi connectivity index (χ3n) is 3.01. The molecular formula is C14H15NO3. The Labute approximate surface area is 106 Å². The third kappa shape index (κ3) is 2.07. The standard InChI is InChI=1S/C14H15NO3/c1-3-9-14(2)10-18-15(13(14)17)12(16)11-7-5-4-6-8-11/h3-8H,1,9-10H2,2H3/t14-/m1/s1. The van der Waals surface area contributed by atoms with Gasteiger partial charge in [0.2, 0.25) is 0 Å². The second-order valence-electron chi connectivity index (χ2n) is 4.60. The largest absolute Gasteiger partial charge is 0.284 e. The van der Waals surface area contributed by atoms with Gasteiger partial charge in [-0.1, -0.05) is 24.3 Å². The molecule has 0 radical (unpaired) electrons. The number of carbonyl (C=O) groups is 2. The van der Waals surface area contributed by atoms with Gasteiger partial charge in [-0.05, 0) is 25.5 Å². The van der Waals surface area contributed by atoms with Crippen LogP contribution >= 0.6 is 0 Å². The number of carbonyl (C=O) groups excluding carboxylic acids is 2. The summed E-state index contributed by atoms with van der Waals surface area (Å²) < 4.78 is 0. The zero-order valence-electron chi connectivity index (χ0n) is 10.3. The molecule has 1 aliphatic heterocycles. The van der Waals surface area contributed by atoms with E-state index >= 15 is 0 Å². The lowest BCUT2D eigenvalue weighted by Crippen LogP contribution is -2.36. The summed E-state index contributed by atoms with van der Waals surface area (Å²) in [4.78, 5) is 29.5. The predicted molar refractivity (Wildman–Crippen MR) is 66.5 cm³/mol. The molecule has 0 bridgehead atoms. The zero-order chi connectivity index (χ0) is 13.2. The number of hydroxylamine groups is 2. The number of allylic oxidation sites excluding steroid dienone is 1. The van der Waals surface area contributed by atoms with Crippen LogP contribution in [0.2, 0.25) is 0 Å². The molecule has 4 heteroatoms. The van der Waals surface area contributed by atoms with Gasteiger partial charge in [-0.15, -0.1) is 11.6 Å². The fourth-order valence-corrected chi connectivity index (χ4v) is 1.89. The lowest BCUT2D eigenvalue weighted by Gasteiger charge is -2.17. The Morgan fingerprint density at radius 2 is 2.17 bits per heavy atom. The van der Waals surface area contributed by atoms with Crippen molar-refractivity contribution in [2.75, 3.05) is 6.61 Å². The highest BCUT2D eigenvalue weighted by Gasteiger charge is 2.46. The first-order valence-electron chi connectivity index (χ1n) is 5.76. The predicted octanol–water partition coefficient (Wildman–Crippen LogP) is 2.18. The number of hydrogen-bond acceptors (Lipinski definition) is 3. The third-order valence-corrected chi connectivity index (χ3v) is 3.01. The second kappa shape index (κ2) is 4.74. The van der Waals surface area contributed by atoms with Crippen LogP contribution in [0.4, 0.5) is 0 Å². The minimum absolute atomic E-state index is 0.205. The van der Waals surface area contributed by atoms with E-state index in [0.29, 0.717) is 12.0 Å². The number of nitrogens with zero attached hydrogens (tertiary/aromatic N) is 1. The van der Waals surface area contributed by atoms with Gasteiger partial charge in [-0.25, -0.2) is 0 Å². The molecule has 1 saturated heterocycles. The molecular weight excluding hydrogens is 230 g/mol. The van der Waals surface area contributed by atoms with E-state index < -0.39 is 11.3 Å².